The summed E-state index contributed by atoms with van der Waals surface area (Å²) < 4.78 is 4.97. The number of hydrogen-bond donors (Lipinski definition) is 2. The van der Waals surface area contributed by atoms with Gasteiger partial charge in [0, 0.05) is 12.0 Å². The maximum Gasteiger partial charge on any atom is 0.258 e. The van der Waals surface area contributed by atoms with Crippen molar-refractivity contribution in [2.45, 2.75) is 25.8 Å². The third-order valence-corrected chi connectivity index (χ3v) is 3.17. The number of nitrogens with two attached hydrogens (primary N) is 1. The topological polar surface area (TPSA) is 81.4 Å². The van der Waals surface area contributed by atoms with E-state index in [-0.39, 0.29) is 18.2 Å². The molecule has 0 bridgehead atoms. The summed E-state index contributed by atoms with van der Waals surface area (Å²) in [5, 5.41) is 2.37. The zero-order valence-corrected chi connectivity index (χ0v) is 11.2. The maximum atomic E-state index is 12.0. The predicted molar refractivity (Wildman–Crippen MR) is 70.7 cm³/mol. The molecule has 0 radical (unpaired) electrons. The first kappa shape index (κ1) is 13.7. The molecule has 0 spiro atoms. The zero-order chi connectivity index (χ0) is 14.0. The van der Waals surface area contributed by atoms with Gasteiger partial charge in [-0.25, -0.2) is 0 Å². The van der Waals surface area contributed by atoms with Crippen LogP contribution >= 0.6 is 0 Å². The Morgan fingerprint density at radius 1 is 1.37 bits per heavy atom. The molecule has 1 aliphatic heterocycles. The van der Waals surface area contributed by atoms with E-state index in [1.807, 2.05) is 26.0 Å². The Morgan fingerprint density at radius 2 is 2.05 bits per heavy atom. The van der Waals surface area contributed by atoms with E-state index in [2.05, 4.69) is 5.32 Å². The number of hydrogen-bond acceptors (Lipinski definition) is 4. The van der Waals surface area contributed by atoms with Gasteiger partial charge in [0.15, 0.2) is 0 Å². The second-order valence-corrected chi connectivity index (χ2v) is 5.23. The summed E-state index contributed by atoms with van der Waals surface area (Å²) in [6.45, 7) is 4.52. The minimum absolute atomic E-state index is 0.101. The van der Waals surface area contributed by atoms with E-state index in [0.29, 0.717) is 18.8 Å². The van der Waals surface area contributed by atoms with Gasteiger partial charge in [-0.15, -0.1) is 0 Å². The highest BCUT2D eigenvalue weighted by Gasteiger charge is 2.36. The van der Waals surface area contributed by atoms with Crippen LogP contribution in [0.2, 0.25) is 0 Å². The third kappa shape index (κ3) is 3.19. The van der Waals surface area contributed by atoms with Crippen molar-refractivity contribution in [3.63, 3.8) is 0 Å². The van der Waals surface area contributed by atoms with E-state index < -0.39 is 5.54 Å². The van der Waals surface area contributed by atoms with E-state index in [4.69, 9.17) is 10.5 Å². The number of rotatable bonds is 3. The summed E-state index contributed by atoms with van der Waals surface area (Å²) in [5.74, 6) is -0.748. The van der Waals surface area contributed by atoms with E-state index in [9.17, 15) is 9.59 Å². The minimum Gasteiger partial charge on any atom is -0.377 e. The molecule has 5 nitrogen and oxygen atoms in total. The number of imide groups is 1. The molecule has 3 N–H and O–H groups in total. The highest BCUT2D eigenvalue weighted by atomic mass is 16.5. The molecule has 0 saturated carbocycles. The van der Waals surface area contributed by atoms with E-state index >= 15 is 0 Å². The van der Waals surface area contributed by atoms with E-state index in [1.54, 1.807) is 6.07 Å². The summed E-state index contributed by atoms with van der Waals surface area (Å²) in [6, 6.07) is 5.47. The van der Waals surface area contributed by atoms with Crippen molar-refractivity contribution < 1.29 is 14.3 Å². The minimum atomic E-state index is -0.618. The van der Waals surface area contributed by atoms with Crippen LogP contribution in [0, 0.1) is 13.8 Å². The van der Waals surface area contributed by atoms with Crippen LogP contribution in [0.15, 0.2) is 18.2 Å². The lowest BCUT2D eigenvalue weighted by Crippen LogP contribution is -2.59. The SMILES string of the molecule is Cc1ccc(C(=O)NC(=O)CC2(N)COC2)c(C)c1. The summed E-state index contributed by atoms with van der Waals surface area (Å²) in [6.07, 6.45) is 0.101. The normalized spacial score (nSPS) is 16.6. The summed E-state index contributed by atoms with van der Waals surface area (Å²) in [5.41, 5.74) is 7.69. The van der Waals surface area contributed by atoms with Crippen LogP contribution in [0.5, 0.6) is 0 Å². The molecule has 1 aromatic rings. The summed E-state index contributed by atoms with van der Waals surface area (Å²) in [7, 11) is 0. The Hall–Kier alpha value is -1.72. The second-order valence-electron chi connectivity index (χ2n) is 5.23. The van der Waals surface area contributed by atoms with Crippen molar-refractivity contribution in [1.29, 1.82) is 0 Å². The lowest BCUT2D eigenvalue weighted by atomic mass is 9.94. The standard InChI is InChI=1S/C14H18N2O3/c1-9-3-4-11(10(2)5-9)13(18)16-12(17)6-14(15)7-19-8-14/h3-5H,6-8,15H2,1-2H3,(H,16,17,18). The molecule has 0 unspecified atom stereocenters. The molecule has 1 saturated heterocycles. The Labute approximate surface area is 112 Å². The molecule has 5 heteroatoms. The van der Waals surface area contributed by atoms with Gasteiger partial charge in [0.1, 0.15) is 0 Å². The fourth-order valence-electron chi connectivity index (χ4n) is 2.09. The predicted octanol–water partition coefficient (Wildman–Crippen LogP) is 0.678. The first-order valence-electron chi connectivity index (χ1n) is 6.18. The van der Waals surface area contributed by atoms with Gasteiger partial charge in [-0.05, 0) is 25.5 Å². The molecule has 0 aromatic heterocycles. The monoisotopic (exact) mass is 262 g/mol. The molecule has 0 aliphatic carbocycles. The smallest absolute Gasteiger partial charge is 0.258 e. The van der Waals surface area contributed by atoms with Crippen LogP contribution < -0.4 is 11.1 Å². The number of nitrogens with one attached hydrogen (secondary N) is 1. The molecule has 2 amide bonds. The lowest BCUT2D eigenvalue weighted by molar-refractivity contribution is -0.127. The third-order valence-electron chi connectivity index (χ3n) is 3.17. The van der Waals surface area contributed by atoms with Crippen LogP contribution in [0.4, 0.5) is 0 Å². The van der Waals surface area contributed by atoms with Crippen LogP contribution in [0.3, 0.4) is 0 Å². The number of benzene rings is 1. The second kappa shape index (κ2) is 5.11. The molecule has 1 heterocycles. The average Bonchev–Trinajstić information content (AvgIpc) is 2.26. The van der Waals surface area contributed by atoms with Gasteiger partial charge < -0.3 is 10.5 Å². The number of ether oxygens (including phenoxy) is 1. The molecular weight excluding hydrogens is 244 g/mol. The average molecular weight is 262 g/mol. The maximum absolute atomic E-state index is 12.0. The Bertz CT molecular complexity index is 521. The highest BCUT2D eigenvalue weighted by Crippen LogP contribution is 2.17. The van der Waals surface area contributed by atoms with Crippen LogP contribution in [-0.4, -0.2) is 30.6 Å². The Balaban J connectivity index is 1.98. The number of aryl methyl sites for hydroxylation is 2. The number of carbonyl (C=O) groups excluding carboxylic acids is 2. The fourth-order valence-corrected chi connectivity index (χ4v) is 2.09. The van der Waals surface area contributed by atoms with Crippen molar-refractivity contribution >= 4 is 11.8 Å². The van der Waals surface area contributed by atoms with Crippen LogP contribution in [0.1, 0.15) is 27.9 Å². The van der Waals surface area contributed by atoms with Gasteiger partial charge in [0.25, 0.3) is 5.91 Å². The van der Waals surface area contributed by atoms with E-state index in [0.717, 1.165) is 11.1 Å². The highest BCUT2D eigenvalue weighted by molar-refractivity contribution is 6.05. The first-order valence-corrected chi connectivity index (χ1v) is 6.18. The Kier molecular flexibility index (Phi) is 3.68. The molecule has 1 aromatic carbocycles. The fraction of sp³-hybridized carbons (Fsp3) is 0.429. The van der Waals surface area contributed by atoms with Crippen molar-refractivity contribution in [2.75, 3.05) is 13.2 Å². The van der Waals surface area contributed by atoms with Gasteiger partial charge in [-0.2, -0.15) is 0 Å². The van der Waals surface area contributed by atoms with Crippen LogP contribution in [0.25, 0.3) is 0 Å². The molecule has 1 aliphatic rings. The number of amides is 2. The summed E-state index contributed by atoms with van der Waals surface area (Å²) >= 11 is 0. The molecule has 1 fully saturated rings. The zero-order valence-electron chi connectivity index (χ0n) is 11.2. The summed E-state index contributed by atoms with van der Waals surface area (Å²) in [4.78, 5) is 23.7. The molecule has 0 atom stereocenters. The van der Waals surface area contributed by atoms with Gasteiger partial charge in [0.2, 0.25) is 5.91 Å². The van der Waals surface area contributed by atoms with Gasteiger partial charge in [0.05, 0.1) is 18.8 Å². The quantitative estimate of drug-likeness (QED) is 0.839. The van der Waals surface area contributed by atoms with Crippen molar-refractivity contribution in [1.82, 2.24) is 5.32 Å². The van der Waals surface area contributed by atoms with Crippen molar-refractivity contribution in [2.24, 2.45) is 5.73 Å². The molecular formula is C14H18N2O3. The van der Waals surface area contributed by atoms with Gasteiger partial charge in [-0.1, -0.05) is 17.7 Å². The van der Waals surface area contributed by atoms with Crippen LogP contribution in [-0.2, 0) is 9.53 Å². The van der Waals surface area contributed by atoms with Gasteiger partial charge >= 0.3 is 0 Å². The molecule has 2 rings (SSSR count). The lowest BCUT2D eigenvalue weighted by Gasteiger charge is -2.36. The molecule has 102 valence electrons. The van der Waals surface area contributed by atoms with Crippen molar-refractivity contribution in [3.8, 4) is 0 Å². The van der Waals surface area contributed by atoms with Crippen molar-refractivity contribution in [3.05, 3.63) is 34.9 Å². The first-order chi connectivity index (χ1) is 8.89. The number of carbonyl (C=O) groups is 2. The molecule has 19 heavy (non-hydrogen) atoms. The largest absolute Gasteiger partial charge is 0.377 e. The Morgan fingerprint density at radius 3 is 2.58 bits per heavy atom. The van der Waals surface area contributed by atoms with Gasteiger partial charge in [-0.3, -0.25) is 14.9 Å². The van der Waals surface area contributed by atoms with E-state index in [1.165, 1.54) is 0 Å².